The van der Waals surface area contributed by atoms with Crippen LogP contribution < -0.4 is 0 Å². The quantitative estimate of drug-likeness (QED) is 0.499. The van der Waals surface area contributed by atoms with Gasteiger partial charge in [-0.1, -0.05) is 28.9 Å². The molecule has 16 heavy (non-hydrogen) atoms. The average molecular weight is 239 g/mol. The minimum absolute atomic E-state index is 0.696. The normalized spacial score (nSPS) is 17.9. The molecule has 0 aliphatic carbocycles. The van der Waals surface area contributed by atoms with Crippen LogP contribution in [0.5, 0.6) is 0 Å². The van der Waals surface area contributed by atoms with Gasteiger partial charge in [-0.15, -0.1) is 0 Å². The molecule has 86 valence electrons. The predicted octanol–water partition coefficient (Wildman–Crippen LogP) is 2.61. The number of nitrogens with zero attached hydrogens (tertiary/aromatic N) is 2. The van der Waals surface area contributed by atoms with Crippen LogP contribution in [-0.4, -0.2) is 35.5 Å². The summed E-state index contributed by atoms with van der Waals surface area (Å²) in [5, 5.41) is 13.1. The predicted molar refractivity (Wildman–Crippen MR) is 65.4 cm³/mol. The summed E-state index contributed by atoms with van der Waals surface area (Å²) < 4.78 is 0. The lowest BCUT2D eigenvalue weighted by atomic mass is 10.1. The second-order valence-corrected chi connectivity index (χ2v) is 4.47. The third-order valence-electron chi connectivity index (χ3n) is 2.87. The summed E-state index contributed by atoms with van der Waals surface area (Å²) in [4.78, 5) is 2.30. The van der Waals surface area contributed by atoms with Crippen LogP contribution in [0.4, 0.5) is 0 Å². The topological polar surface area (TPSA) is 35.8 Å². The van der Waals surface area contributed by atoms with E-state index in [1.165, 1.54) is 12.8 Å². The Morgan fingerprint density at radius 1 is 1.25 bits per heavy atom. The fourth-order valence-electron chi connectivity index (χ4n) is 1.98. The molecular weight excluding hydrogens is 224 g/mol. The van der Waals surface area contributed by atoms with E-state index >= 15 is 0 Å². The van der Waals surface area contributed by atoms with Crippen molar-refractivity contribution in [1.29, 1.82) is 0 Å². The van der Waals surface area contributed by atoms with Crippen LogP contribution in [0.25, 0.3) is 0 Å². The van der Waals surface area contributed by atoms with E-state index in [1.807, 2.05) is 24.3 Å². The fraction of sp³-hybridized carbons (Fsp3) is 0.417. The van der Waals surface area contributed by atoms with Crippen LogP contribution in [0.15, 0.2) is 29.4 Å². The third kappa shape index (κ3) is 2.74. The molecular formula is C12H15ClN2O. The molecule has 1 N–H and O–H groups in total. The Kier molecular flexibility index (Phi) is 3.80. The van der Waals surface area contributed by atoms with E-state index in [4.69, 9.17) is 16.8 Å². The van der Waals surface area contributed by atoms with Gasteiger partial charge in [-0.3, -0.25) is 4.90 Å². The molecule has 1 aliphatic heterocycles. The Balaban J connectivity index is 2.07. The van der Waals surface area contributed by atoms with E-state index in [9.17, 15) is 0 Å². The van der Waals surface area contributed by atoms with Crippen molar-refractivity contribution in [3.05, 3.63) is 34.9 Å². The van der Waals surface area contributed by atoms with Crippen molar-refractivity contribution < 1.29 is 5.21 Å². The molecule has 4 heteroatoms. The maximum absolute atomic E-state index is 9.04. The minimum Gasteiger partial charge on any atom is -0.411 e. The first-order chi connectivity index (χ1) is 7.79. The standard InChI is InChI=1S/C12H15ClN2O/c13-11-5-3-10(4-6-11)12(14-16)9-15-7-1-2-8-15/h3-6,16H,1-2,7-9H2. The molecule has 3 nitrogen and oxygen atoms in total. The molecule has 2 rings (SSSR count). The molecule has 0 aromatic heterocycles. The highest BCUT2D eigenvalue weighted by molar-refractivity contribution is 6.30. The van der Waals surface area contributed by atoms with Gasteiger partial charge in [0.25, 0.3) is 0 Å². The number of hydrogen-bond donors (Lipinski definition) is 1. The lowest BCUT2D eigenvalue weighted by Gasteiger charge is -2.15. The average Bonchev–Trinajstić information content (AvgIpc) is 2.80. The highest BCUT2D eigenvalue weighted by Crippen LogP contribution is 2.13. The van der Waals surface area contributed by atoms with Crippen molar-refractivity contribution in [3.63, 3.8) is 0 Å². The molecule has 0 bridgehead atoms. The van der Waals surface area contributed by atoms with Crippen molar-refractivity contribution in [2.24, 2.45) is 5.16 Å². The maximum Gasteiger partial charge on any atom is 0.101 e. The number of oxime groups is 1. The van der Waals surface area contributed by atoms with Gasteiger partial charge in [0.2, 0.25) is 0 Å². The van der Waals surface area contributed by atoms with Crippen molar-refractivity contribution >= 4 is 17.3 Å². The molecule has 1 aromatic rings. The van der Waals surface area contributed by atoms with E-state index in [0.717, 1.165) is 18.7 Å². The Morgan fingerprint density at radius 2 is 1.88 bits per heavy atom. The molecule has 1 saturated heterocycles. The number of hydrogen-bond acceptors (Lipinski definition) is 3. The fourth-order valence-corrected chi connectivity index (χ4v) is 2.10. The Hall–Kier alpha value is -1.06. The van der Waals surface area contributed by atoms with Crippen molar-refractivity contribution in [2.45, 2.75) is 12.8 Å². The summed E-state index contributed by atoms with van der Waals surface area (Å²) in [5.74, 6) is 0. The maximum atomic E-state index is 9.04. The lowest BCUT2D eigenvalue weighted by Crippen LogP contribution is -2.27. The van der Waals surface area contributed by atoms with Crippen molar-refractivity contribution in [3.8, 4) is 0 Å². The summed E-state index contributed by atoms with van der Waals surface area (Å²) >= 11 is 5.82. The van der Waals surface area contributed by atoms with E-state index in [1.54, 1.807) is 0 Å². The molecule has 0 amide bonds. The Bertz CT molecular complexity index is 369. The number of halogens is 1. The van der Waals surface area contributed by atoms with Gasteiger partial charge in [-0.05, 0) is 38.1 Å². The number of benzene rings is 1. The zero-order valence-corrected chi connectivity index (χ0v) is 9.82. The molecule has 0 radical (unpaired) electrons. The van der Waals surface area contributed by atoms with Crippen molar-refractivity contribution in [2.75, 3.05) is 19.6 Å². The van der Waals surface area contributed by atoms with Gasteiger partial charge >= 0.3 is 0 Å². The van der Waals surface area contributed by atoms with Crippen molar-refractivity contribution in [1.82, 2.24) is 4.90 Å². The highest BCUT2D eigenvalue weighted by Gasteiger charge is 2.15. The number of rotatable bonds is 3. The molecule has 0 atom stereocenters. The molecule has 1 aliphatic rings. The minimum atomic E-state index is 0.696. The lowest BCUT2D eigenvalue weighted by molar-refractivity contribution is 0.311. The Labute approximate surface area is 100 Å². The van der Waals surface area contributed by atoms with Gasteiger partial charge in [0.05, 0.1) is 0 Å². The first kappa shape index (κ1) is 11.4. The van der Waals surface area contributed by atoms with Crippen LogP contribution in [0.1, 0.15) is 18.4 Å². The molecule has 0 saturated carbocycles. The Morgan fingerprint density at radius 3 is 2.44 bits per heavy atom. The van der Waals surface area contributed by atoms with E-state index in [0.29, 0.717) is 17.3 Å². The largest absolute Gasteiger partial charge is 0.411 e. The second-order valence-electron chi connectivity index (χ2n) is 4.04. The zero-order chi connectivity index (χ0) is 11.4. The first-order valence-electron chi connectivity index (χ1n) is 5.49. The van der Waals surface area contributed by atoms with Crippen LogP contribution in [-0.2, 0) is 0 Å². The molecule has 1 aromatic carbocycles. The van der Waals surface area contributed by atoms with Gasteiger partial charge in [0, 0.05) is 17.1 Å². The summed E-state index contributed by atoms with van der Waals surface area (Å²) in [6, 6.07) is 7.39. The summed E-state index contributed by atoms with van der Waals surface area (Å²) in [6.07, 6.45) is 2.47. The molecule has 1 fully saturated rings. The van der Waals surface area contributed by atoms with E-state index < -0.39 is 0 Å². The van der Waals surface area contributed by atoms with E-state index in [2.05, 4.69) is 10.1 Å². The summed E-state index contributed by atoms with van der Waals surface area (Å²) in [6.45, 7) is 2.89. The van der Waals surface area contributed by atoms with Crippen LogP contribution >= 0.6 is 11.6 Å². The third-order valence-corrected chi connectivity index (χ3v) is 3.12. The van der Waals surface area contributed by atoms with Gasteiger partial charge in [0.1, 0.15) is 5.71 Å². The van der Waals surface area contributed by atoms with Gasteiger partial charge in [-0.2, -0.15) is 0 Å². The van der Waals surface area contributed by atoms with Crippen LogP contribution in [0.3, 0.4) is 0 Å². The first-order valence-corrected chi connectivity index (χ1v) is 5.86. The van der Waals surface area contributed by atoms with Gasteiger partial charge < -0.3 is 5.21 Å². The molecule has 0 unspecified atom stereocenters. The smallest absolute Gasteiger partial charge is 0.101 e. The zero-order valence-electron chi connectivity index (χ0n) is 9.06. The number of likely N-dealkylation sites (tertiary alicyclic amines) is 1. The van der Waals surface area contributed by atoms with Gasteiger partial charge in [-0.25, -0.2) is 0 Å². The monoisotopic (exact) mass is 238 g/mol. The molecule has 1 heterocycles. The summed E-state index contributed by atoms with van der Waals surface area (Å²) in [5.41, 5.74) is 1.64. The highest BCUT2D eigenvalue weighted by atomic mass is 35.5. The molecule has 0 spiro atoms. The van der Waals surface area contributed by atoms with Crippen LogP contribution in [0, 0.1) is 0 Å². The van der Waals surface area contributed by atoms with Crippen LogP contribution in [0.2, 0.25) is 5.02 Å². The van der Waals surface area contributed by atoms with Gasteiger partial charge in [0.15, 0.2) is 0 Å². The SMILES string of the molecule is ON=C(CN1CCCC1)c1ccc(Cl)cc1. The van der Waals surface area contributed by atoms with E-state index in [-0.39, 0.29) is 0 Å². The summed E-state index contributed by atoms with van der Waals surface area (Å²) in [7, 11) is 0. The second kappa shape index (κ2) is 5.32.